The van der Waals surface area contributed by atoms with E-state index in [1.807, 2.05) is 0 Å². The normalized spacial score (nSPS) is 12.2. The molecular weight excluding hydrogens is 150 g/mol. The Bertz CT molecular complexity index is 157. The molecule has 5 nitrogen and oxygen atoms in total. The van der Waals surface area contributed by atoms with Crippen LogP contribution in [0.4, 0.5) is 0 Å². The van der Waals surface area contributed by atoms with Crippen LogP contribution in [0.25, 0.3) is 0 Å². The zero-order valence-corrected chi connectivity index (χ0v) is 6.46. The van der Waals surface area contributed by atoms with Crippen molar-refractivity contribution in [2.45, 2.75) is 13.0 Å². The second-order valence-corrected chi connectivity index (χ2v) is 2.00. The fourth-order valence-electron chi connectivity index (χ4n) is 0.508. The maximum Gasteiger partial charge on any atom is 0.334 e. The van der Waals surface area contributed by atoms with Gasteiger partial charge in [0, 0.05) is 14.0 Å². The number of amides is 1. The Morgan fingerprint density at radius 3 is 2.45 bits per heavy atom. The van der Waals surface area contributed by atoms with Gasteiger partial charge in [0.2, 0.25) is 5.91 Å². The van der Waals surface area contributed by atoms with E-state index in [4.69, 9.17) is 5.11 Å². The monoisotopic (exact) mass is 161 g/mol. The summed E-state index contributed by atoms with van der Waals surface area (Å²) in [5.41, 5.74) is 0. The van der Waals surface area contributed by atoms with Crippen LogP contribution in [-0.4, -0.2) is 36.7 Å². The molecule has 0 heterocycles. The van der Waals surface area contributed by atoms with Crippen LogP contribution in [0.2, 0.25) is 0 Å². The molecule has 0 aromatic rings. The number of nitrogens with one attached hydrogen (secondary N) is 1. The molecule has 0 rings (SSSR count). The summed E-state index contributed by atoms with van der Waals surface area (Å²) in [7, 11) is 1.28. The van der Waals surface area contributed by atoms with Crippen molar-refractivity contribution in [1.82, 2.24) is 5.32 Å². The molecule has 0 saturated carbocycles. The number of carboxylic acids is 1. The van der Waals surface area contributed by atoms with Crippen LogP contribution in [0, 0.1) is 0 Å². The maximum absolute atomic E-state index is 10.3. The molecular formula is C6H11NO4. The molecule has 5 heteroatoms. The van der Waals surface area contributed by atoms with Gasteiger partial charge in [0.15, 0.2) is 6.10 Å². The molecule has 0 aliphatic rings. The first-order valence-corrected chi connectivity index (χ1v) is 3.08. The van der Waals surface area contributed by atoms with Gasteiger partial charge in [-0.1, -0.05) is 0 Å². The van der Waals surface area contributed by atoms with Crippen molar-refractivity contribution < 1.29 is 19.4 Å². The molecule has 0 aromatic carbocycles. The third-order valence-electron chi connectivity index (χ3n) is 1.10. The number of ether oxygens (including phenoxy) is 1. The summed E-state index contributed by atoms with van der Waals surface area (Å²) in [6.07, 6.45) is -0.959. The van der Waals surface area contributed by atoms with E-state index in [0.717, 1.165) is 0 Å². The molecule has 0 radical (unpaired) electrons. The van der Waals surface area contributed by atoms with Crippen LogP contribution in [0.3, 0.4) is 0 Å². The second-order valence-electron chi connectivity index (χ2n) is 2.00. The standard InChI is InChI=1S/C6H11NO4/c1-4(8)7-3-5(11-2)6(9)10/h5H,3H2,1-2H3,(H,7,8)(H,9,10)/t5-/m0/s1. The Morgan fingerprint density at radius 1 is 1.64 bits per heavy atom. The third-order valence-corrected chi connectivity index (χ3v) is 1.10. The highest BCUT2D eigenvalue weighted by molar-refractivity contribution is 5.76. The predicted octanol–water partition coefficient (Wildman–Crippen LogP) is -0.778. The molecule has 0 aliphatic heterocycles. The van der Waals surface area contributed by atoms with Crippen LogP contribution in [0.5, 0.6) is 0 Å². The van der Waals surface area contributed by atoms with Crippen molar-refractivity contribution in [3.63, 3.8) is 0 Å². The third kappa shape index (κ3) is 4.32. The van der Waals surface area contributed by atoms with Gasteiger partial charge in [-0.05, 0) is 0 Å². The minimum absolute atomic E-state index is 0.00116. The Labute approximate surface area is 64.3 Å². The molecule has 1 atom stereocenters. The topological polar surface area (TPSA) is 75.6 Å². The summed E-state index contributed by atoms with van der Waals surface area (Å²) in [4.78, 5) is 20.6. The molecule has 0 saturated heterocycles. The van der Waals surface area contributed by atoms with E-state index in [1.54, 1.807) is 0 Å². The lowest BCUT2D eigenvalue weighted by Crippen LogP contribution is -2.36. The van der Waals surface area contributed by atoms with Gasteiger partial charge in [-0.3, -0.25) is 4.79 Å². The van der Waals surface area contributed by atoms with Gasteiger partial charge in [-0.25, -0.2) is 4.79 Å². The predicted molar refractivity (Wildman–Crippen MR) is 37.1 cm³/mol. The number of aliphatic carboxylic acids is 1. The molecule has 1 amide bonds. The van der Waals surface area contributed by atoms with Crippen molar-refractivity contribution in [3.8, 4) is 0 Å². The van der Waals surface area contributed by atoms with E-state index in [2.05, 4.69) is 10.1 Å². The number of carboxylic acid groups (broad SMARTS) is 1. The fourth-order valence-corrected chi connectivity index (χ4v) is 0.508. The second kappa shape index (κ2) is 4.68. The zero-order chi connectivity index (χ0) is 8.85. The average Bonchev–Trinajstić information content (AvgIpc) is 1.87. The van der Waals surface area contributed by atoms with Gasteiger partial charge in [0.05, 0.1) is 6.54 Å². The molecule has 0 aromatic heterocycles. The van der Waals surface area contributed by atoms with E-state index < -0.39 is 12.1 Å². The highest BCUT2D eigenvalue weighted by Crippen LogP contribution is 1.86. The number of hydrogen-bond acceptors (Lipinski definition) is 3. The molecule has 11 heavy (non-hydrogen) atoms. The summed E-state index contributed by atoms with van der Waals surface area (Å²) in [6.45, 7) is 1.32. The molecule has 0 spiro atoms. The molecule has 2 N–H and O–H groups in total. The van der Waals surface area contributed by atoms with Crippen molar-refractivity contribution in [3.05, 3.63) is 0 Å². The fraction of sp³-hybridized carbons (Fsp3) is 0.667. The number of methoxy groups -OCH3 is 1. The minimum Gasteiger partial charge on any atom is -0.479 e. The van der Waals surface area contributed by atoms with E-state index >= 15 is 0 Å². The van der Waals surface area contributed by atoms with E-state index in [-0.39, 0.29) is 12.5 Å². The summed E-state index contributed by atoms with van der Waals surface area (Å²) in [5.74, 6) is -1.35. The van der Waals surface area contributed by atoms with Crippen molar-refractivity contribution in [2.24, 2.45) is 0 Å². The first-order valence-electron chi connectivity index (χ1n) is 3.08. The summed E-state index contributed by atoms with van der Waals surface area (Å²) in [6, 6.07) is 0. The van der Waals surface area contributed by atoms with Gasteiger partial charge >= 0.3 is 5.97 Å². The SMILES string of the molecule is CO[C@@H](CNC(C)=O)C(=O)O. The van der Waals surface area contributed by atoms with Gasteiger partial charge < -0.3 is 15.2 Å². The molecule has 0 bridgehead atoms. The number of hydrogen-bond donors (Lipinski definition) is 2. The van der Waals surface area contributed by atoms with Crippen molar-refractivity contribution in [1.29, 1.82) is 0 Å². The summed E-state index contributed by atoms with van der Waals surface area (Å²) in [5, 5.41) is 10.7. The van der Waals surface area contributed by atoms with Gasteiger partial charge in [0.1, 0.15) is 0 Å². The molecule has 64 valence electrons. The lowest BCUT2D eigenvalue weighted by Gasteiger charge is -2.09. The van der Waals surface area contributed by atoms with E-state index in [1.165, 1.54) is 14.0 Å². The van der Waals surface area contributed by atoms with Crippen LogP contribution >= 0.6 is 0 Å². The van der Waals surface area contributed by atoms with Gasteiger partial charge in [-0.2, -0.15) is 0 Å². The number of carbonyl (C=O) groups is 2. The highest BCUT2D eigenvalue weighted by atomic mass is 16.5. The smallest absolute Gasteiger partial charge is 0.334 e. The lowest BCUT2D eigenvalue weighted by molar-refractivity contribution is -0.148. The average molecular weight is 161 g/mol. The summed E-state index contributed by atoms with van der Waals surface area (Å²) >= 11 is 0. The maximum atomic E-state index is 10.3. The van der Waals surface area contributed by atoms with Gasteiger partial charge in [0.25, 0.3) is 0 Å². The zero-order valence-electron chi connectivity index (χ0n) is 6.46. The largest absolute Gasteiger partial charge is 0.479 e. The minimum atomic E-state index is -1.08. The molecule has 0 fully saturated rings. The van der Waals surface area contributed by atoms with Crippen molar-refractivity contribution >= 4 is 11.9 Å². The Kier molecular flexibility index (Phi) is 4.21. The Balaban J connectivity index is 3.70. The van der Waals surface area contributed by atoms with Crippen LogP contribution in [-0.2, 0) is 14.3 Å². The number of carbonyl (C=O) groups excluding carboxylic acids is 1. The van der Waals surface area contributed by atoms with E-state index in [0.29, 0.717) is 0 Å². The van der Waals surface area contributed by atoms with Gasteiger partial charge in [-0.15, -0.1) is 0 Å². The van der Waals surface area contributed by atoms with E-state index in [9.17, 15) is 9.59 Å². The summed E-state index contributed by atoms with van der Waals surface area (Å²) < 4.78 is 4.55. The Hall–Kier alpha value is -1.10. The Morgan fingerprint density at radius 2 is 2.18 bits per heavy atom. The lowest BCUT2D eigenvalue weighted by atomic mass is 10.3. The van der Waals surface area contributed by atoms with Crippen LogP contribution in [0.15, 0.2) is 0 Å². The van der Waals surface area contributed by atoms with Crippen molar-refractivity contribution in [2.75, 3.05) is 13.7 Å². The molecule has 0 aliphatic carbocycles. The van der Waals surface area contributed by atoms with Crippen LogP contribution in [0.1, 0.15) is 6.92 Å². The highest BCUT2D eigenvalue weighted by Gasteiger charge is 2.15. The quantitative estimate of drug-likeness (QED) is 0.567. The number of rotatable bonds is 4. The first-order chi connectivity index (χ1) is 5.07. The molecule has 0 unspecified atom stereocenters. The first kappa shape index (κ1) is 9.90. The van der Waals surface area contributed by atoms with Crippen LogP contribution < -0.4 is 5.32 Å².